The molecular weight excluding hydrogens is 324 g/mol. The first-order valence-corrected chi connectivity index (χ1v) is 8.42. The van der Waals surface area contributed by atoms with Gasteiger partial charge in [0.25, 0.3) is 0 Å². The van der Waals surface area contributed by atoms with Gasteiger partial charge in [0.2, 0.25) is 0 Å². The zero-order valence-corrected chi connectivity index (χ0v) is 14.0. The number of carbonyl (C=O) groups is 1. The SMILES string of the molecule is Cc1cc(CSc2ncccc2C(=O)OCc2ccccc2)no1. The van der Waals surface area contributed by atoms with Crippen LogP contribution in [0.1, 0.15) is 27.4 Å². The van der Waals surface area contributed by atoms with Gasteiger partial charge in [-0.1, -0.05) is 47.3 Å². The van der Waals surface area contributed by atoms with Crippen LogP contribution in [0.5, 0.6) is 0 Å². The van der Waals surface area contributed by atoms with Crippen LogP contribution in [0.15, 0.2) is 64.3 Å². The number of hydrogen-bond acceptors (Lipinski definition) is 6. The molecule has 24 heavy (non-hydrogen) atoms. The molecule has 5 nitrogen and oxygen atoms in total. The van der Waals surface area contributed by atoms with Crippen LogP contribution >= 0.6 is 11.8 Å². The molecule has 3 rings (SSSR count). The molecule has 0 bridgehead atoms. The average molecular weight is 340 g/mol. The van der Waals surface area contributed by atoms with Crippen LogP contribution in [-0.4, -0.2) is 16.1 Å². The molecule has 0 saturated carbocycles. The minimum Gasteiger partial charge on any atom is -0.457 e. The molecule has 0 unspecified atom stereocenters. The van der Waals surface area contributed by atoms with Crippen LogP contribution in [0.3, 0.4) is 0 Å². The maximum absolute atomic E-state index is 12.3. The van der Waals surface area contributed by atoms with Crippen molar-refractivity contribution in [3.05, 3.63) is 77.3 Å². The van der Waals surface area contributed by atoms with Crippen molar-refractivity contribution in [1.82, 2.24) is 10.1 Å². The molecule has 0 N–H and O–H groups in total. The van der Waals surface area contributed by atoms with Crippen molar-refractivity contribution >= 4 is 17.7 Å². The zero-order chi connectivity index (χ0) is 16.8. The fraction of sp³-hybridized carbons (Fsp3) is 0.167. The lowest BCUT2D eigenvalue weighted by Crippen LogP contribution is -2.07. The Bertz CT molecular complexity index is 818. The van der Waals surface area contributed by atoms with Gasteiger partial charge in [-0.3, -0.25) is 0 Å². The second kappa shape index (κ2) is 7.79. The van der Waals surface area contributed by atoms with Gasteiger partial charge in [0.05, 0.1) is 11.3 Å². The highest BCUT2D eigenvalue weighted by Crippen LogP contribution is 2.24. The van der Waals surface area contributed by atoms with E-state index in [0.717, 1.165) is 17.0 Å². The van der Waals surface area contributed by atoms with Crippen molar-refractivity contribution in [1.29, 1.82) is 0 Å². The van der Waals surface area contributed by atoms with Gasteiger partial charge in [0, 0.05) is 18.0 Å². The Hall–Kier alpha value is -2.60. The first-order chi connectivity index (χ1) is 11.7. The van der Waals surface area contributed by atoms with Gasteiger partial charge in [0.15, 0.2) is 0 Å². The van der Waals surface area contributed by atoms with Gasteiger partial charge in [-0.25, -0.2) is 9.78 Å². The van der Waals surface area contributed by atoms with E-state index in [4.69, 9.17) is 9.26 Å². The monoisotopic (exact) mass is 340 g/mol. The number of thioether (sulfide) groups is 1. The van der Waals surface area contributed by atoms with Gasteiger partial charge in [-0.05, 0) is 24.6 Å². The normalized spacial score (nSPS) is 10.5. The van der Waals surface area contributed by atoms with E-state index in [1.54, 1.807) is 18.3 Å². The molecule has 122 valence electrons. The number of carbonyl (C=O) groups excluding carboxylic acids is 1. The van der Waals surface area contributed by atoms with E-state index in [1.165, 1.54) is 11.8 Å². The van der Waals surface area contributed by atoms with Crippen LogP contribution in [0.25, 0.3) is 0 Å². The minimum atomic E-state index is -0.384. The fourth-order valence-electron chi connectivity index (χ4n) is 2.09. The van der Waals surface area contributed by atoms with Crippen molar-refractivity contribution in [2.75, 3.05) is 0 Å². The van der Waals surface area contributed by atoms with Crippen LogP contribution < -0.4 is 0 Å². The summed E-state index contributed by atoms with van der Waals surface area (Å²) >= 11 is 1.43. The van der Waals surface area contributed by atoms with Gasteiger partial charge < -0.3 is 9.26 Å². The number of aromatic nitrogens is 2. The van der Waals surface area contributed by atoms with E-state index in [-0.39, 0.29) is 12.6 Å². The largest absolute Gasteiger partial charge is 0.457 e. The summed E-state index contributed by atoms with van der Waals surface area (Å²) in [4.78, 5) is 16.6. The van der Waals surface area contributed by atoms with Crippen molar-refractivity contribution < 1.29 is 14.1 Å². The van der Waals surface area contributed by atoms with Gasteiger partial charge in [-0.15, -0.1) is 0 Å². The Morgan fingerprint density at radius 2 is 2.04 bits per heavy atom. The molecule has 0 saturated heterocycles. The van der Waals surface area contributed by atoms with E-state index in [9.17, 15) is 4.79 Å². The van der Waals surface area contributed by atoms with Crippen molar-refractivity contribution in [3.8, 4) is 0 Å². The number of esters is 1. The van der Waals surface area contributed by atoms with Gasteiger partial charge in [0.1, 0.15) is 17.4 Å². The maximum atomic E-state index is 12.3. The number of nitrogens with zero attached hydrogens (tertiary/aromatic N) is 2. The summed E-state index contributed by atoms with van der Waals surface area (Å²) in [5, 5.41) is 4.56. The molecule has 1 aromatic carbocycles. The Kier molecular flexibility index (Phi) is 5.28. The van der Waals surface area contributed by atoms with E-state index >= 15 is 0 Å². The molecule has 0 amide bonds. The summed E-state index contributed by atoms with van der Waals surface area (Å²) in [6.45, 7) is 2.08. The second-order valence-corrected chi connectivity index (χ2v) is 6.10. The highest BCUT2D eigenvalue weighted by molar-refractivity contribution is 7.98. The van der Waals surface area contributed by atoms with Gasteiger partial charge in [-0.2, -0.15) is 0 Å². The molecule has 0 spiro atoms. The average Bonchev–Trinajstić information content (AvgIpc) is 3.04. The Balaban J connectivity index is 1.65. The number of ether oxygens (including phenoxy) is 1. The molecule has 2 aromatic heterocycles. The van der Waals surface area contributed by atoms with Crippen molar-refractivity contribution in [2.45, 2.75) is 24.3 Å². The summed E-state index contributed by atoms with van der Waals surface area (Å²) in [6.07, 6.45) is 1.66. The second-order valence-electron chi connectivity index (χ2n) is 5.14. The van der Waals surface area contributed by atoms with E-state index in [1.807, 2.05) is 43.3 Å². The third kappa shape index (κ3) is 4.23. The Labute approximate surface area is 144 Å². The lowest BCUT2D eigenvalue weighted by Gasteiger charge is -2.08. The predicted octanol–water partition coefficient (Wildman–Crippen LogP) is 4.03. The number of aryl methyl sites for hydroxylation is 1. The minimum absolute atomic E-state index is 0.237. The Morgan fingerprint density at radius 1 is 1.21 bits per heavy atom. The molecule has 3 aromatic rings. The summed E-state index contributed by atoms with van der Waals surface area (Å²) < 4.78 is 10.4. The quantitative estimate of drug-likeness (QED) is 0.499. The van der Waals surface area contributed by atoms with Crippen molar-refractivity contribution in [3.63, 3.8) is 0 Å². The molecule has 0 aliphatic carbocycles. The van der Waals surface area contributed by atoms with Crippen LogP contribution in [0.4, 0.5) is 0 Å². The summed E-state index contributed by atoms with van der Waals surface area (Å²) in [5.41, 5.74) is 2.22. The van der Waals surface area contributed by atoms with Crippen molar-refractivity contribution in [2.24, 2.45) is 0 Å². The van der Waals surface area contributed by atoms with E-state index in [2.05, 4.69) is 10.1 Å². The lowest BCUT2D eigenvalue weighted by atomic mass is 10.2. The molecule has 0 aliphatic heterocycles. The molecule has 0 radical (unpaired) electrons. The highest BCUT2D eigenvalue weighted by atomic mass is 32.2. The Morgan fingerprint density at radius 3 is 2.79 bits per heavy atom. The number of hydrogen-bond donors (Lipinski definition) is 0. The van der Waals surface area contributed by atoms with E-state index < -0.39 is 0 Å². The summed E-state index contributed by atoms with van der Waals surface area (Å²) in [6, 6.07) is 14.9. The predicted molar refractivity (Wildman–Crippen MR) is 90.6 cm³/mol. The first kappa shape index (κ1) is 16.3. The fourth-order valence-corrected chi connectivity index (χ4v) is 2.95. The summed E-state index contributed by atoms with van der Waals surface area (Å²) in [7, 11) is 0. The number of rotatable bonds is 6. The maximum Gasteiger partial charge on any atom is 0.341 e. The van der Waals surface area contributed by atoms with Gasteiger partial charge >= 0.3 is 5.97 Å². The third-order valence-electron chi connectivity index (χ3n) is 3.24. The zero-order valence-electron chi connectivity index (χ0n) is 13.1. The molecular formula is C18H16N2O3S. The first-order valence-electron chi connectivity index (χ1n) is 7.43. The highest BCUT2D eigenvalue weighted by Gasteiger charge is 2.15. The lowest BCUT2D eigenvalue weighted by molar-refractivity contribution is 0.0467. The summed E-state index contributed by atoms with van der Waals surface area (Å²) in [5.74, 6) is 0.952. The smallest absolute Gasteiger partial charge is 0.341 e. The van der Waals surface area contributed by atoms with Crippen LogP contribution in [0.2, 0.25) is 0 Å². The van der Waals surface area contributed by atoms with E-state index in [0.29, 0.717) is 16.3 Å². The molecule has 0 atom stereocenters. The molecule has 0 fully saturated rings. The number of pyridine rings is 1. The molecule has 2 heterocycles. The van der Waals surface area contributed by atoms with Crippen LogP contribution in [0, 0.1) is 6.92 Å². The molecule has 6 heteroatoms. The topological polar surface area (TPSA) is 65.2 Å². The molecule has 0 aliphatic rings. The third-order valence-corrected chi connectivity index (χ3v) is 4.28. The number of benzene rings is 1. The standard InChI is InChI=1S/C18H16N2O3S/c1-13-10-15(20-23-13)12-24-17-16(8-5-9-19-17)18(21)22-11-14-6-3-2-4-7-14/h2-10H,11-12H2,1H3. The van der Waals surface area contributed by atoms with Crippen LogP contribution in [-0.2, 0) is 17.1 Å².